The van der Waals surface area contributed by atoms with E-state index < -0.39 is 21.5 Å². The van der Waals surface area contributed by atoms with E-state index in [1.54, 1.807) is 46.9 Å². The minimum Gasteiger partial charge on any atom is -0.444 e. The molecule has 0 spiro atoms. The lowest BCUT2D eigenvalue weighted by Gasteiger charge is -2.20. The van der Waals surface area contributed by atoms with Gasteiger partial charge in [-0.1, -0.05) is 12.1 Å². The van der Waals surface area contributed by atoms with Crippen molar-refractivity contribution in [3.63, 3.8) is 0 Å². The summed E-state index contributed by atoms with van der Waals surface area (Å²) < 4.78 is 28.5. The Morgan fingerprint density at radius 1 is 1.15 bits per heavy atom. The fourth-order valence-corrected chi connectivity index (χ4v) is 3.26. The van der Waals surface area contributed by atoms with Crippen molar-refractivity contribution < 1.29 is 17.9 Å². The van der Waals surface area contributed by atoms with Crippen LogP contribution in [0.1, 0.15) is 31.9 Å². The molecule has 0 unspecified atom stereocenters. The Morgan fingerprint density at radius 2 is 1.78 bits per heavy atom. The predicted octanol–water partition coefficient (Wildman–Crippen LogP) is 1.59. The number of hydrogen-bond donors (Lipinski definition) is 3. The molecule has 1 aromatic rings. The van der Waals surface area contributed by atoms with Crippen LogP contribution in [0, 0.1) is 6.92 Å². The summed E-state index contributed by atoms with van der Waals surface area (Å²) in [5.74, 6) is 0.575. The highest BCUT2D eigenvalue weighted by Crippen LogP contribution is 2.16. The number of guanidine groups is 1. The van der Waals surface area contributed by atoms with Gasteiger partial charge in [0, 0.05) is 32.9 Å². The lowest BCUT2D eigenvalue weighted by Crippen LogP contribution is -2.42. The average Bonchev–Trinajstić information content (AvgIpc) is 2.51. The van der Waals surface area contributed by atoms with Crippen molar-refractivity contribution in [3.05, 3.63) is 29.3 Å². The van der Waals surface area contributed by atoms with Crippen molar-refractivity contribution in [2.75, 3.05) is 26.4 Å². The number of nitrogens with zero attached hydrogens (tertiary/aromatic N) is 1. The molecule has 0 fully saturated rings. The van der Waals surface area contributed by atoms with E-state index in [1.165, 1.54) is 6.26 Å². The third-order valence-electron chi connectivity index (χ3n) is 3.41. The maximum atomic E-state index is 11.7. The molecule has 9 heteroatoms. The summed E-state index contributed by atoms with van der Waals surface area (Å²) in [5.41, 5.74) is 1.12. The fraction of sp³-hybridized carbons (Fsp3) is 0.556. The topological polar surface area (TPSA) is 109 Å². The van der Waals surface area contributed by atoms with Crippen LogP contribution in [0.25, 0.3) is 0 Å². The van der Waals surface area contributed by atoms with E-state index in [0.717, 1.165) is 5.56 Å². The van der Waals surface area contributed by atoms with Gasteiger partial charge in [-0.3, -0.25) is 4.99 Å². The molecule has 0 aliphatic heterocycles. The molecule has 3 N–H and O–H groups in total. The summed E-state index contributed by atoms with van der Waals surface area (Å²) in [6, 6.07) is 5.22. The first-order valence-corrected chi connectivity index (χ1v) is 10.5. The number of ether oxygens (including phenoxy) is 1. The molecule has 0 bridgehead atoms. The van der Waals surface area contributed by atoms with Crippen LogP contribution in [0.2, 0.25) is 0 Å². The Labute approximate surface area is 161 Å². The van der Waals surface area contributed by atoms with Crippen LogP contribution in [0.4, 0.5) is 4.79 Å². The van der Waals surface area contributed by atoms with Crippen LogP contribution >= 0.6 is 0 Å². The Hall–Kier alpha value is -2.29. The van der Waals surface area contributed by atoms with Gasteiger partial charge in [-0.15, -0.1) is 0 Å². The number of nitrogens with one attached hydrogen (secondary N) is 3. The zero-order valence-corrected chi connectivity index (χ0v) is 17.7. The number of alkyl carbamates (subject to hydrolysis) is 1. The molecule has 0 aliphatic rings. The maximum absolute atomic E-state index is 11.7. The van der Waals surface area contributed by atoms with Crippen molar-refractivity contribution in [1.29, 1.82) is 0 Å². The first-order chi connectivity index (χ1) is 12.4. The van der Waals surface area contributed by atoms with Gasteiger partial charge in [-0.2, -0.15) is 0 Å². The van der Waals surface area contributed by atoms with Crippen molar-refractivity contribution in [3.8, 4) is 0 Å². The third kappa shape index (κ3) is 8.76. The molecule has 27 heavy (non-hydrogen) atoms. The average molecular weight is 399 g/mol. The molecule has 0 saturated carbocycles. The molecule has 8 nitrogen and oxygen atoms in total. The van der Waals surface area contributed by atoms with Gasteiger partial charge in [0.1, 0.15) is 5.60 Å². The monoisotopic (exact) mass is 398 g/mol. The standard InChI is InChI=1S/C18H30N4O4S/c1-13-11-14(7-8-15(13)27(6,24)25)12-22-16(19-5)20-9-10-21-17(23)26-18(2,3)4/h7-8,11H,9-10,12H2,1-6H3,(H,21,23)(H2,19,20,22). The number of carbonyl (C=O) groups is 1. The molecule has 0 radical (unpaired) electrons. The summed E-state index contributed by atoms with van der Waals surface area (Å²) in [6.07, 6.45) is 0.735. The lowest BCUT2D eigenvalue weighted by molar-refractivity contribution is 0.0529. The fourth-order valence-electron chi connectivity index (χ4n) is 2.30. The first kappa shape index (κ1) is 22.8. The van der Waals surface area contributed by atoms with Gasteiger partial charge in [0.15, 0.2) is 15.8 Å². The van der Waals surface area contributed by atoms with E-state index in [0.29, 0.717) is 36.1 Å². The van der Waals surface area contributed by atoms with Gasteiger partial charge in [0.05, 0.1) is 4.90 Å². The predicted molar refractivity (Wildman–Crippen MR) is 107 cm³/mol. The van der Waals surface area contributed by atoms with Crippen LogP contribution in [0.3, 0.4) is 0 Å². The minimum absolute atomic E-state index is 0.335. The van der Waals surface area contributed by atoms with Gasteiger partial charge in [-0.05, 0) is 44.9 Å². The maximum Gasteiger partial charge on any atom is 0.407 e. The van der Waals surface area contributed by atoms with Crippen molar-refractivity contribution in [2.45, 2.75) is 44.7 Å². The highest BCUT2D eigenvalue weighted by Gasteiger charge is 2.15. The zero-order chi connectivity index (χ0) is 20.7. The highest BCUT2D eigenvalue weighted by molar-refractivity contribution is 7.90. The second-order valence-corrected chi connectivity index (χ2v) is 9.14. The van der Waals surface area contributed by atoms with Crippen molar-refractivity contribution in [2.24, 2.45) is 4.99 Å². The lowest BCUT2D eigenvalue weighted by atomic mass is 10.1. The smallest absolute Gasteiger partial charge is 0.407 e. The normalized spacial score (nSPS) is 12.4. The van der Waals surface area contributed by atoms with Gasteiger partial charge in [-0.25, -0.2) is 13.2 Å². The summed E-state index contributed by atoms with van der Waals surface area (Å²) in [4.78, 5) is 16.0. The molecule has 152 valence electrons. The molecule has 1 amide bonds. The molecule has 0 aliphatic carbocycles. The Balaban J connectivity index is 2.45. The third-order valence-corrected chi connectivity index (χ3v) is 4.67. The molecule has 0 heterocycles. The summed E-state index contributed by atoms with van der Waals surface area (Å²) in [5, 5.41) is 8.88. The van der Waals surface area contributed by atoms with E-state index in [1.807, 2.05) is 6.07 Å². The molecule has 1 rings (SSSR count). The molecule has 0 atom stereocenters. The SMILES string of the molecule is CN=C(NCCNC(=O)OC(C)(C)C)NCc1ccc(S(C)(=O)=O)c(C)c1. The van der Waals surface area contributed by atoms with E-state index >= 15 is 0 Å². The molecular weight excluding hydrogens is 368 g/mol. The first-order valence-electron chi connectivity index (χ1n) is 8.63. The molecule has 0 aromatic heterocycles. The van der Waals surface area contributed by atoms with Crippen LogP contribution in [0.15, 0.2) is 28.1 Å². The van der Waals surface area contributed by atoms with Gasteiger partial charge >= 0.3 is 6.09 Å². The van der Waals surface area contributed by atoms with Crippen molar-refractivity contribution in [1.82, 2.24) is 16.0 Å². The molecule has 0 saturated heterocycles. The largest absolute Gasteiger partial charge is 0.444 e. The van der Waals surface area contributed by atoms with E-state index in [9.17, 15) is 13.2 Å². The number of carbonyl (C=O) groups excluding carboxylic acids is 1. The van der Waals surface area contributed by atoms with Crippen molar-refractivity contribution >= 4 is 21.9 Å². The van der Waals surface area contributed by atoms with Crippen LogP contribution < -0.4 is 16.0 Å². The van der Waals surface area contributed by atoms with Gasteiger partial charge in [0.2, 0.25) is 0 Å². The van der Waals surface area contributed by atoms with Crippen LogP contribution in [-0.2, 0) is 21.1 Å². The highest BCUT2D eigenvalue weighted by atomic mass is 32.2. The van der Waals surface area contributed by atoms with Gasteiger partial charge in [0.25, 0.3) is 0 Å². The quantitative estimate of drug-likeness (QED) is 0.381. The number of sulfone groups is 1. The number of benzene rings is 1. The Bertz CT molecular complexity index is 783. The number of aryl methyl sites for hydroxylation is 1. The second-order valence-electron chi connectivity index (χ2n) is 7.15. The van der Waals surface area contributed by atoms with E-state index in [-0.39, 0.29) is 0 Å². The van der Waals surface area contributed by atoms with Crippen LogP contribution in [-0.4, -0.2) is 52.5 Å². The molecular formula is C18H30N4O4S. The summed E-state index contributed by atoms with van der Waals surface area (Å²) in [7, 11) is -1.57. The summed E-state index contributed by atoms with van der Waals surface area (Å²) in [6.45, 7) is 8.55. The molecule has 1 aromatic carbocycles. The van der Waals surface area contributed by atoms with E-state index in [4.69, 9.17) is 4.74 Å². The second kappa shape index (κ2) is 9.59. The Morgan fingerprint density at radius 3 is 2.30 bits per heavy atom. The summed E-state index contributed by atoms with van der Waals surface area (Å²) >= 11 is 0. The minimum atomic E-state index is -3.22. The Kier molecular flexibility index (Phi) is 8.08. The zero-order valence-electron chi connectivity index (χ0n) is 16.8. The number of amides is 1. The number of hydrogen-bond acceptors (Lipinski definition) is 5. The number of rotatable bonds is 6. The van der Waals surface area contributed by atoms with Gasteiger partial charge < -0.3 is 20.7 Å². The number of aliphatic imine (C=N–C) groups is 1. The van der Waals surface area contributed by atoms with Crippen LogP contribution in [0.5, 0.6) is 0 Å². The van der Waals surface area contributed by atoms with E-state index in [2.05, 4.69) is 20.9 Å².